The van der Waals surface area contributed by atoms with Gasteiger partial charge in [0.2, 0.25) is 0 Å². The summed E-state index contributed by atoms with van der Waals surface area (Å²) in [4.78, 5) is 14.2. The van der Waals surface area contributed by atoms with E-state index in [1.165, 1.54) is 32.1 Å². The Labute approximate surface area is 138 Å². The standard InChI is InChI=1S/C18H30N2O3/c1-20(11-18(22)5-7-23-8-6-18)17(21)19-16-10-12-9-15(16)14-4-2-3-13(12)14/h12-16,22H,2-11H2,1H3,(H,19,21). The third kappa shape index (κ3) is 2.86. The van der Waals surface area contributed by atoms with E-state index in [4.69, 9.17) is 4.74 Å². The van der Waals surface area contributed by atoms with E-state index in [-0.39, 0.29) is 6.03 Å². The Kier molecular flexibility index (Phi) is 4.04. The van der Waals surface area contributed by atoms with Gasteiger partial charge in [0.1, 0.15) is 0 Å². The molecule has 2 N–H and O–H groups in total. The van der Waals surface area contributed by atoms with E-state index in [1.807, 2.05) is 0 Å². The first-order valence-corrected chi connectivity index (χ1v) is 9.37. The summed E-state index contributed by atoms with van der Waals surface area (Å²) in [5.41, 5.74) is -0.782. The van der Waals surface area contributed by atoms with Crippen molar-refractivity contribution in [1.82, 2.24) is 10.2 Å². The molecule has 130 valence electrons. The number of nitrogens with one attached hydrogen (secondary N) is 1. The van der Waals surface area contributed by atoms with Crippen molar-refractivity contribution in [2.45, 2.75) is 56.6 Å². The van der Waals surface area contributed by atoms with Crippen LogP contribution < -0.4 is 5.32 Å². The average Bonchev–Trinajstić information content (AvgIpc) is 3.19. The summed E-state index contributed by atoms with van der Waals surface area (Å²) >= 11 is 0. The Morgan fingerprint density at radius 2 is 1.96 bits per heavy atom. The number of hydrogen-bond acceptors (Lipinski definition) is 3. The van der Waals surface area contributed by atoms with Crippen LogP contribution in [-0.2, 0) is 4.74 Å². The molecule has 0 spiro atoms. The predicted molar refractivity (Wildman–Crippen MR) is 87.0 cm³/mol. The van der Waals surface area contributed by atoms with Crippen LogP contribution in [0.15, 0.2) is 0 Å². The summed E-state index contributed by atoms with van der Waals surface area (Å²) in [6, 6.07) is 0.343. The number of amides is 2. The number of rotatable bonds is 3. The van der Waals surface area contributed by atoms with Gasteiger partial charge in [-0.15, -0.1) is 0 Å². The SMILES string of the molecule is CN(CC1(O)CCOCC1)C(=O)NC1CC2CC1C1CCCC21. The number of aliphatic hydroxyl groups is 1. The van der Waals surface area contributed by atoms with E-state index in [9.17, 15) is 9.90 Å². The van der Waals surface area contributed by atoms with Crippen LogP contribution in [0.5, 0.6) is 0 Å². The normalized spacial score (nSPS) is 40.9. The first kappa shape index (κ1) is 15.7. The Balaban J connectivity index is 1.31. The van der Waals surface area contributed by atoms with Gasteiger partial charge in [0.05, 0.1) is 12.1 Å². The van der Waals surface area contributed by atoms with Gasteiger partial charge in [-0.05, 0) is 49.4 Å². The smallest absolute Gasteiger partial charge is 0.317 e. The first-order valence-electron chi connectivity index (χ1n) is 9.37. The molecular weight excluding hydrogens is 292 g/mol. The molecule has 5 unspecified atom stereocenters. The molecular formula is C18H30N2O3. The molecule has 0 radical (unpaired) electrons. The fourth-order valence-electron chi connectivity index (χ4n) is 5.93. The number of urea groups is 1. The molecule has 4 rings (SSSR count). The number of hydrogen-bond donors (Lipinski definition) is 2. The molecule has 1 aliphatic heterocycles. The van der Waals surface area contributed by atoms with Crippen molar-refractivity contribution in [3.8, 4) is 0 Å². The van der Waals surface area contributed by atoms with Gasteiger partial charge in [-0.2, -0.15) is 0 Å². The van der Waals surface area contributed by atoms with Crippen molar-refractivity contribution in [1.29, 1.82) is 0 Å². The van der Waals surface area contributed by atoms with Gasteiger partial charge in [-0.1, -0.05) is 6.42 Å². The molecule has 5 atom stereocenters. The van der Waals surface area contributed by atoms with E-state index in [2.05, 4.69) is 5.32 Å². The Morgan fingerprint density at radius 3 is 2.74 bits per heavy atom. The first-order chi connectivity index (χ1) is 11.1. The van der Waals surface area contributed by atoms with Crippen LogP contribution in [0.25, 0.3) is 0 Å². The maximum atomic E-state index is 12.6. The lowest BCUT2D eigenvalue weighted by Gasteiger charge is -2.37. The molecule has 3 saturated carbocycles. The van der Waals surface area contributed by atoms with Gasteiger partial charge < -0.3 is 20.1 Å². The van der Waals surface area contributed by atoms with Crippen LogP contribution >= 0.6 is 0 Å². The molecule has 2 amide bonds. The Morgan fingerprint density at radius 1 is 1.22 bits per heavy atom. The minimum absolute atomic E-state index is 0.0167. The molecule has 5 heteroatoms. The van der Waals surface area contributed by atoms with Gasteiger partial charge in [-0.25, -0.2) is 4.79 Å². The summed E-state index contributed by atoms with van der Waals surface area (Å²) in [6.45, 7) is 1.57. The molecule has 0 aromatic carbocycles. The van der Waals surface area contributed by atoms with Gasteiger partial charge in [0.25, 0.3) is 0 Å². The summed E-state index contributed by atoms with van der Waals surface area (Å²) in [5, 5.41) is 13.9. The predicted octanol–water partition coefficient (Wildman–Crippen LogP) is 1.99. The average molecular weight is 322 g/mol. The summed E-state index contributed by atoms with van der Waals surface area (Å²) in [6.07, 6.45) is 7.90. The summed E-state index contributed by atoms with van der Waals surface area (Å²) in [5.74, 6) is 3.37. The number of ether oxygens (including phenoxy) is 1. The minimum atomic E-state index is -0.782. The van der Waals surface area contributed by atoms with Gasteiger partial charge in [0, 0.05) is 39.1 Å². The molecule has 0 aromatic heterocycles. The highest BCUT2D eigenvalue weighted by Crippen LogP contribution is 2.58. The molecule has 3 aliphatic carbocycles. The Hall–Kier alpha value is -0.810. The second kappa shape index (κ2) is 5.92. The zero-order valence-corrected chi connectivity index (χ0v) is 14.2. The van der Waals surface area contributed by atoms with Gasteiger partial charge in [0.15, 0.2) is 0 Å². The molecule has 23 heavy (non-hydrogen) atoms. The van der Waals surface area contributed by atoms with Gasteiger partial charge >= 0.3 is 6.03 Å². The number of likely N-dealkylation sites (N-methyl/N-ethyl adjacent to an activating group) is 1. The zero-order chi connectivity index (χ0) is 16.0. The highest BCUT2D eigenvalue weighted by Gasteiger charge is 2.54. The third-order valence-electron chi connectivity index (χ3n) is 7.04. The lowest BCUT2D eigenvalue weighted by molar-refractivity contribution is -0.0723. The van der Waals surface area contributed by atoms with Crippen molar-refractivity contribution in [2.75, 3.05) is 26.8 Å². The quantitative estimate of drug-likeness (QED) is 0.835. The lowest BCUT2D eigenvalue weighted by atomic mass is 9.79. The van der Waals surface area contributed by atoms with Crippen LogP contribution in [0.2, 0.25) is 0 Å². The van der Waals surface area contributed by atoms with Crippen LogP contribution in [0, 0.1) is 23.7 Å². The minimum Gasteiger partial charge on any atom is -0.388 e. The molecule has 0 aromatic rings. The number of fused-ring (bicyclic) bond motifs is 5. The zero-order valence-electron chi connectivity index (χ0n) is 14.2. The van der Waals surface area contributed by atoms with Gasteiger partial charge in [-0.3, -0.25) is 0 Å². The largest absolute Gasteiger partial charge is 0.388 e. The molecule has 2 bridgehead atoms. The van der Waals surface area contributed by atoms with E-state index in [1.54, 1.807) is 11.9 Å². The molecule has 4 fully saturated rings. The molecule has 4 aliphatic rings. The van der Waals surface area contributed by atoms with E-state index < -0.39 is 5.60 Å². The fourth-order valence-corrected chi connectivity index (χ4v) is 5.93. The monoisotopic (exact) mass is 322 g/mol. The van der Waals surface area contributed by atoms with Crippen molar-refractivity contribution in [3.05, 3.63) is 0 Å². The van der Waals surface area contributed by atoms with E-state index in [0.717, 1.165) is 17.8 Å². The van der Waals surface area contributed by atoms with E-state index >= 15 is 0 Å². The van der Waals surface area contributed by atoms with Crippen molar-refractivity contribution < 1.29 is 14.6 Å². The number of carbonyl (C=O) groups is 1. The van der Waals surface area contributed by atoms with Crippen molar-refractivity contribution >= 4 is 6.03 Å². The number of carbonyl (C=O) groups excluding carboxylic acids is 1. The lowest BCUT2D eigenvalue weighted by Crippen LogP contribution is -2.52. The fraction of sp³-hybridized carbons (Fsp3) is 0.944. The maximum absolute atomic E-state index is 12.6. The number of nitrogens with zero attached hydrogens (tertiary/aromatic N) is 1. The molecule has 1 heterocycles. The summed E-state index contributed by atoms with van der Waals surface area (Å²) < 4.78 is 5.31. The van der Waals surface area contributed by atoms with Crippen molar-refractivity contribution in [2.24, 2.45) is 23.7 Å². The maximum Gasteiger partial charge on any atom is 0.317 e. The highest BCUT2D eigenvalue weighted by molar-refractivity contribution is 5.74. The van der Waals surface area contributed by atoms with Crippen LogP contribution in [0.1, 0.15) is 44.9 Å². The van der Waals surface area contributed by atoms with Crippen LogP contribution in [0.3, 0.4) is 0 Å². The highest BCUT2D eigenvalue weighted by atomic mass is 16.5. The van der Waals surface area contributed by atoms with E-state index in [0.29, 0.717) is 44.6 Å². The van der Waals surface area contributed by atoms with Crippen LogP contribution in [0.4, 0.5) is 4.79 Å². The topological polar surface area (TPSA) is 61.8 Å². The second-order valence-corrected chi connectivity index (χ2v) is 8.40. The van der Waals surface area contributed by atoms with Crippen LogP contribution in [-0.4, -0.2) is 54.5 Å². The second-order valence-electron chi connectivity index (χ2n) is 8.40. The molecule has 1 saturated heterocycles. The molecule has 5 nitrogen and oxygen atoms in total. The Bertz CT molecular complexity index is 463. The van der Waals surface area contributed by atoms with Crippen molar-refractivity contribution in [3.63, 3.8) is 0 Å². The third-order valence-corrected chi connectivity index (χ3v) is 7.04. The summed E-state index contributed by atoms with van der Waals surface area (Å²) in [7, 11) is 1.80.